The summed E-state index contributed by atoms with van der Waals surface area (Å²) in [5.41, 5.74) is 0. The Morgan fingerprint density at radius 3 is 2.42 bits per heavy atom. The number of amides is 2. The second kappa shape index (κ2) is 12.1. The molecular formula is C16H26N2O6S2. The molecule has 0 aromatic rings. The Hall–Kier alpha value is -1.42. The van der Waals surface area contributed by atoms with Gasteiger partial charge in [-0.3, -0.25) is 14.4 Å². The van der Waals surface area contributed by atoms with Crippen molar-refractivity contribution >= 4 is 45.3 Å². The van der Waals surface area contributed by atoms with Gasteiger partial charge >= 0.3 is 11.9 Å². The summed E-state index contributed by atoms with van der Waals surface area (Å²) < 4.78 is 0. The maximum Gasteiger partial charge on any atom is 0.326 e. The van der Waals surface area contributed by atoms with Crippen molar-refractivity contribution in [1.82, 2.24) is 10.6 Å². The van der Waals surface area contributed by atoms with E-state index in [1.165, 1.54) is 19.1 Å². The van der Waals surface area contributed by atoms with Crippen LogP contribution in [0.4, 0.5) is 0 Å². The fourth-order valence-corrected chi connectivity index (χ4v) is 5.45. The van der Waals surface area contributed by atoms with Crippen molar-refractivity contribution < 1.29 is 29.4 Å². The number of hydrogen-bond acceptors (Lipinski definition) is 6. The van der Waals surface area contributed by atoms with Crippen LogP contribution in [-0.4, -0.2) is 57.1 Å². The fourth-order valence-electron chi connectivity index (χ4n) is 2.42. The van der Waals surface area contributed by atoms with Crippen molar-refractivity contribution in [3.05, 3.63) is 0 Å². The molecule has 0 bridgehead atoms. The van der Waals surface area contributed by atoms with Gasteiger partial charge < -0.3 is 20.8 Å². The lowest BCUT2D eigenvalue weighted by Crippen LogP contribution is -2.50. The van der Waals surface area contributed by atoms with Gasteiger partial charge in [0.25, 0.3) is 0 Å². The summed E-state index contributed by atoms with van der Waals surface area (Å²) in [6.07, 6.45) is 3.75. The SMILES string of the molecule is CC(NC(=O)CCCC[C@@H]1CCSS1)C(=O)NC(CCC(=O)O)C(=O)O. The zero-order valence-electron chi connectivity index (χ0n) is 14.7. The van der Waals surface area contributed by atoms with Gasteiger partial charge in [-0.15, -0.1) is 0 Å². The molecule has 1 rings (SSSR count). The molecule has 0 radical (unpaired) electrons. The summed E-state index contributed by atoms with van der Waals surface area (Å²) in [7, 11) is 3.80. The molecule has 2 unspecified atom stereocenters. The van der Waals surface area contributed by atoms with Crippen LogP contribution in [0.5, 0.6) is 0 Å². The number of carboxylic acids is 2. The van der Waals surface area contributed by atoms with Crippen LogP contribution in [0.3, 0.4) is 0 Å². The van der Waals surface area contributed by atoms with Crippen molar-refractivity contribution in [2.45, 2.75) is 69.2 Å². The molecule has 26 heavy (non-hydrogen) atoms. The maximum absolute atomic E-state index is 12.0. The van der Waals surface area contributed by atoms with Crippen LogP contribution < -0.4 is 10.6 Å². The van der Waals surface area contributed by atoms with Gasteiger partial charge in [-0.1, -0.05) is 28.0 Å². The third-order valence-electron chi connectivity index (χ3n) is 3.94. The van der Waals surface area contributed by atoms with E-state index < -0.39 is 29.9 Å². The van der Waals surface area contributed by atoms with Gasteiger partial charge in [0, 0.05) is 23.8 Å². The molecule has 0 spiro atoms. The van der Waals surface area contributed by atoms with E-state index in [0.29, 0.717) is 11.7 Å². The van der Waals surface area contributed by atoms with Gasteiger partial charge in [-0.25, -0.2) is 4.79 Å². The first kappa shape index (κ1) is 22.6. The predicted octanol–water partition coefficient (Wildman–Crippen LogP) is 1.64. The van der Waals surface area contributed by atoms with E-state index in [1.807, 2.05) is 21.6 Å². The van der Waals surface area contributed by atoms with Crippen LogP contribution in [0.15, 0.2) is 0 Å². The Bertz CT molecular complexity index is 511. The van der Waals surface area contributed by atoms with E-state index in [0.717, 1.165) is 19.3 Å². The van der Waals surface area contributed by atoms with E-state index in [2.05, 4.69) is 10.6 Å². The predicted molar refractivity (Wildman–Crippen MR) is 101 cm³/mol. The molecule has 2 amide bonds. The third kappa shape index (κ3) is 9.33. The molecule has 3 atom stereocenters. The largest absolute Gasteiger partial charge is 0.481 e. The molecule has 8 nitrogen and oxygen atoms in total. The monoisotopic (exact) mass is 406 g/mol. The summed E-state index contributed by atoms with van der Waals surface area (Å²) in [6, 6.07) is -2.17. The number of carbonyl (C=O) groups is 4. The normalized spacial score (nSPS) is 18.7. The first-order valence-electron chi connectivity index (χ1n) is 8.62. The lowest BCUT2D eigenvalue weighted by Gasteiger charge is -2.18. The van der Waals surface area contributed by atoms with E-state index in [-0.39, 0.29) is 18.7 Å². The summed E-state index contributed by atoms with van der Waals surface area (Å²) in [5, 5.41) is 23.1. The van der Waals surface area contributed by atoms with Crippen molar-refractivity contribution in [2.24, 2.45) is 0 Å². The molecule has 1 heterocycles. The van der Waals surface area contributed by atoms with Crippen molar-refractivity contribution in [2.75, 3.05) is 5.75 Å². The highest BCUT2D eigenvalue weighted by Crippen LogP contribution is 2.39. The summed E-state index contributed by atoms with van der Waals surface area (Å²) in [6.45, 7) is 1.47. The molecule has 1 saturated heterocycles. The Balaban J connectivity index is 2.26. The molecule has 4 N–H and O–H groups in total. The van der Waals surface area contributed by atoms with Crippen LogP contribution >= 0.6 is 21.6 Å². The van der Waals surface area contributed by atoms with Gasteiger partial charge in [0.05, 0.1) is 0 Å². The minimum Gasteiger partial charge on any atom is -0.481 e. The minimum absolute atomic E-state index is 0.214. The smallest absolute Gasteiger partial charge is 0.326 e. The number of aliphatic carboxylic acids is 2. The van der Waals surface area contributed by atoms with Crippen LogP contribution in [0.25, 0.3) is 0 Å². The third-order valence-corrected chi connectivity index (χ3v) is 6.95. The Kier molecular flexibility index (Phi) is 10.5. The molecule has 1 aliphatic rings. The minimum atomic E-state index is -1.30. The van der Waals surface area contributed by atoms with Crippen LogP contribution in [0.2, 0.25) is 0 Å². The van der Waals surface area contributed by atoms with Gasteiger partial charge in [-0.2, -0.15) is 0 Å². The zero-order chi connectivity index (χ0) is 19.5. The molecule has 148 valence electrons. The Morgan fingerprint density at radius 1 is 1.12 bits per heavy atom. The number of hydrogen-bond donors (Lipinski definition) is 4. The number of carboxylic acid groups (broad SMARTS) is 2. The van der Waals surface area contributed by atoms with Crippen LogP contribution in [0, 0.1) is 0 Å². The van der Waals surface area contributed by atoms with E-state index in [4.69, 9.17) is 10.2 Å². The molecule has 0 aromatic carbocycles. The summed E-state index contributed by atoms with van der Waals surface area (Å²) in [4.78, 5) is 45.5. The van der Waals surface area contributed by atoms with Gasteiger partial charge in [-0.05, 0) is 32.6 Å². The average molecular weight is 407 g/mol. The molecule has 1 fully saturated rings. The second-order valence-electron chi connectivity index (χ2n) is 6.20. The van der Waals surface area contributed by atoms with Crippen molar-refractivity contribution in [1.29, 1.82) is 0 Å². The quantitative estimate of drug-likeness (QED) is 0.284. The fraction of sp³-hybridized carbons (Fsp3) is 0.750. The first-order chi connectivity index (χ1) is 12.3. The number of rotatable bonds is 12. The Morgan fingerprint density at radius 2 is 1.85 bits per heavy atom. The van der Waals surface area contributed by atoms with Crippen molar-refractivity contribution in [3.63, 3.8) is 0 Å². The highest BCUT2D eigenvalue weighted by atomic mass is 33.1. The van der Waals surface area contributed by atoms with E-state index in [1.54, 1.807) is 0 Å². The lowest BCUT2D eigenvalue weighted by atomic mass is 10.1. The number of unbranched alkanes of at least 4 members (excludes halogenated alkanes) is 1. The van der Waals surface area contributed by atoms with Crippen molar-refractivity contribution in [3.8, 4) is 0 Å². The zero-order valence-corrected chi connectivity index (χ0v) is 16.4. The maximum atomic E-state index is 12.0. The number of carbonyl (C=O) groups excluding carboxylic acids is 2. The molecule has 10 heteroatoms. The summed E-state index contributed by atoms with van der Waals surface area (Å²) >= 11 is 0. The Labute approximate surface area is 160 Å². The topological polar surface area (TPSA) is 133 Å². The van der Waals surface area contributed by atoms with Crippen LogP contribution in [0.1, 0.15) is 51.9 Å². The highest BCUT2D eigenvalue weighted by Gasteiger charge is 2.24. The molecule has 0 aromatic heterocycles. The average Bonchev–Trinajstić information content (AvgIpc) is 3.08. The molecule has 0 saturated carbocycles. The van der Waals surface area contributed by atoms with E-state index in [9.17, 15) is 19.2 Å². The summed E-state index contributed by atoms with van der Waals surface area (Å²) in [5.74, 6) is -2.15. The first-order valence-corrected chi connectivity index (χ1v) is 11.0. The lowest BCUT2D eigenvalue weighted by molar-refractivity contribution is -0.143. The van der Waals surface area contributed by atoms with Crippen LogP contribution in [-0.2, 0) is 19.2 Å². The standard InChI is InChI=1S/C16H26N2O6S2/c1-10(15(22)18-12(16(23)24)6-7-14(20)21)17-13(19)5-3-2-4-11-8-9-25-26-11/h10-12H,2-9H2,1H3,(H,17,19)(H,18,22)(H,20,21)(H,23,24)/t10?,11-,12?/m1/s1. The highest BCUT2D eigenvalue weighted by molar-refractivity contribution is 8.77. The van der Waals surface area contributed by atoms with Gasteiger partial charge in [0.15, 0.2) is 0 Å². The molecular weight excluding hydrogens is 380 g/mol. The molecule has 1 aliphatic heterocycles. The van der Waals surface area contributed by atoms with E-state index >= 15 is 0 Å². The van der Waals surface area contributed by atoms with Gasteiger partial charge in [0.2, 0.25) is 11.8 Å². The second-order valence-corrected chi connectivity index (χ2v) is 8.98. The molecule has 0 aliphatic carbocycles. The van der Waals surface area contributed by atoms with Gasteiger partial charge in [0.1, 0.15) is 12.1 Å². The number of nitrogens with one attached hydrogen (secondary N) is 2.